The second-order valence-electron chi connectivity index (χ2n) is 8.97. The first kappa shape index (κ1) is 24.8. The number of rotatable bonds is 6. The van der Waals surface area contributed by atoms with Crippen LogP contribution in [0.1, 0.15) is 47.6 Å². The summed E-state index contributed by atoms with van der Waals surface area (Å²) in [7, 11) is 0. The number of benzene rings is 1. The van der Waals surface area contributed by atoms with Crippen molar-refractivity contribution in [2.45, 2.75) is 50.0 Å². The highest BCUT2D eigenvalue weighted by molar-refractivity contribution is 5.96. The summed E-state index contributed by atoms with van der Waals surface area (Å²) in [5.74, 6) is -1.12. The Kier molecular flexibility index (Phi) is 7.15. The molecule has 0 radical (unpaired) electrons. The molecule has 2 aromatic rings. The highest BCUT2D eigenvalue weighted by Crippen LogP contribution is 2.32. The van der Waals surface area contributed by atoms with E-state index in [4.69, 9.17) is 0 Å². The van der Waals surface area contributed by atoms with E-state index in [0.29, 0.717) is 38.8 Å². The average Bonchev–Trinajstić information content (AvgIpc) is 2.79. The van der Waals surface area contributed by atoms with Crippen LogP contribution in [0.4, 0.5) is 13.2 Å². The van der Waals surface area contributed by atoms with Crippen molar-refractivity contribution in [1.29, 1.82) is 0 Å². The number of pyridine rings is 1. The maximum atomic E-state index is 13.1. The van der Waals surface area contributed by atoms with Gasteiger partial charge in [-0.1, -0.05) is 6.07 Å². The molecule has 2 amide bonds. The minimum atomic E-state index is -4.57. The zero-order valence-electron chi connectivity index (χ0n) is 18.9. The van der Waals surface area contributed by atoms with Gasteiger partial charge in [0.25, 0.3) is 11.5 Å². The maximum Gasteiger partial charge on any atom is 0.416 e. The van der Waals surface area contributed by atoms with Gasteiger partial charge < -0.3 is 25.2 Å². The second kappa shape index (κ2) is 10.1. The largest absolute Gasteiger partial charge is 0.508 e. The molecule has 1 aromatic carbocycles. The number of halogens is 3. The van der Waals surface area contributed by atoms with E-state index in [0.717, 1.165) is 18.2 Å². The van der Waals surface area contributed by atoms with Crippen molar-refractivity contribution in [2.75, 3.05) is 19.6 Å². The van der Waals surface area contributed by atoms with Crippen molar-refractivity contribution in [3.05, 3.63) is 64.1 Å². The summed E-state index contributed by atoms with van der Waals surface area (Å²) in [4.78, 5) is 39.5. The molecular weight excluding hydrogens is 465 g/mol. The lowest BCUT2D eigenvalue weighted by Gasteiger charge is -2.45. The van der Waals surface area contributed by atoms with E-state index in [2.05, 4.69) is 10.6 Å². The van der Waals surface area contributed by atoms with Gasteiger partial charge in [-0.15, -0.1) is 0 Å². The van der Waals surface area contributed by atoms with Crippen molar-refractivity contribution >= 4 is 11.8 Å². The maximum absolute atomic E-state index is 13.1. The number of carbonyl (C=O) groups is 2. The lowest BCUT2D eigenvalue weighted by atomic mass is 9.88. The summed E-state index contributed by atoms with van der Waals surface area (Å²) in [6.07, 6.45) is -0.301. The number of nitrogens with one attached hydrogen (secondary N) is 2. The topological polar surface area (TPSA) is 104 Å². The van der Waals surface area contributed by atoms with E-state index >= 15 is 0 Å². The molecule has 2 fully saturated rings. The molecule has 1 aliphatic heterocycles. The minimum Gasteiger partial charge on any atom is -0.508 e. The molecule has 188 valence electrons. The Hall–Kier alpha value is -3.34. The number of carbonyl (C=O) groups excluding carboxylic acids is 2. The number of aromatic nitrogens is 1. The van der Waals surface area contributed by atoms with Crippen LogP contribution in [0.2, 0.25) is 0 Å². The van der Waals surface area contributed by atoms with E-state index in [1.165, 1.54) is 18.2 Å². The fraction of sp³-hybridized carbons (Fsp3) is 0.458. The van der Waals surface area contributed by atoms with Crippen LogP contribution in [0.5, 0.6) is 5.75 Å². The molecule has 1 saturated heterocycles. The lowest BCUT2D eigenvalue weighted by molar-refractivity contribution is -0.138. The number of hydrogen-bond donors (Lipinski definition) is 3. The fourth-order valence-corrected chi connectivity index (χ4v) is 4.76. The van der Waals surface area contributed by atoms with Gasteiger partial charge in [-0.3, -0.25) is 14.4 Å². The smallest absolute Gasteiger partial charge is 0.416 e. The molecular formula is C24H27F3N4O4. The molecule has 3 N–H and O–H groups in total. The van der Waals surface area contributed by atoms with Crippen LogP contribution < -0.4 is 16.2 Å². The van der Waals surface area contributed by atoms with Gasteiger partial charge in [-0.05, 0) is 49.9 Å². The van der Waals surface area contributed by atoms with Crippen LogP contribution in [0.15, 0.2) is 47.4 Å². The number of nitrogens with zero attached hydrogens (tertiary/aromatic N) is 2. The Labute approximate surface area is 199 Å². The monoisotopic (exact) mass is 492 g/mol. The lowest BCUT2D eigenvalue weighted by Crippen LogP contribution is -2.63. The SMILES string of the molecule is O=C(NCC(=O)N(C1CCC(n2ccc(O)cc2=O)CC1)C1CNC1)c1cccc(C(F)(F)F)c1. The third-order valence-electron chi connectivity index (χ3n) is 6.68. The molecule has 0 atom stereocenters. The first-order valence-corrected chi connectivity index (χ1v) is 11.5. The zero-order valence-corrected chi connectivity index (χ0v) is 18.9. The quantitative estimate of drug-likeness (QED) is 0.574. The molecule has 1 aliphatic carbocycles. The van der Waals surface area contributed by atoms with Gasteiger partial charge in [0.2, 0.25) is 5.91 Å². The summed E-state index contributed by atoms with van der Waals surface area (Å²) in [5.41, 5.74) is -1.37. The van der Waals surface area contributed by atoms with E-state index < -0.39 is 17.6 Å². The molecule has 8 nitrogen and oxygen atoms in total. The number of aromatic hydroxyl groups is 1. The van der Waals surface area contributed by atoms with E-state index in [-0.39, 0.29) is 47.4 Å². The van der Waals surface area contributed by atoms with E-state index in [9.17, 15) is 32.7 Å². The number of amides is 2. The van der Waals surface area contributed by atoms with Crippen LogP contribution in [0.3, 0.4) is 0 Å². The third kappa shape index (κ3) is 5.67. The van der Waals surface area contributed by atoms with Crippen molar-refractivity contribution in [1.82, 2.24) is 20.1 Å². The van der Waals surface area contributed by atoms with Crippen molar-refractivity contribution in [3.63, 3.8) is 0 Å². The number of alkyl halides is 3. The first-order chi connectivity index (χ1) is 16.6. The van der Waals surface area contributed by atoms with Crippen LogP contribution in [-0.2, 0) is 11.0 Å². The Morgan fingerprint density at radius 1 is 1.09 bits per heavy atom. The van der Waals surface area contributed by atoms with Gasteiger partial charge in [0.1, 0.15) is 5.75 Å². The Morgan fingerprint density at radius 3 is 2.40 bits per heavy atom. The molecule has 2 aliphatic rings. The standard InChI is InChI=1S/C24H27F3N4O4/c25-24(26,27)16-3-1-2-15(10-16)23(35)29-14-22(34)31(19-12-28-13-19)18-6-4-17(5-7-18)30-9-8-20(32)11-21(30)33/h1-3,8-11,17-19,28,32H,4-7,12-14H2,(H,29,35). The van der Waals surface area contributed by atoms with Crippen molar-refractivity contribution < 1.29 is 27.9 Å². The highest BCUT2D eigenvalue weighted by Gasteiger charge is 2.37. The van der Waals surface area contributed by atoms with E-state index in [1.807, 2.05) is 0 Å². The summed E-state index contributed by atoms with van der Waals surface area (Å²) in [5, 5.41) is 15.1. The summed E-state index contributed by atoms with van der Waals surface area (Å²) in [6.45, 7) is 0.943. The molecule has 35 heavy (non-hydrogen) atoms. The van der Waals surface area contributed by atoms with Crippen LogP contribution >= 0.6 is 0 Å². The zero-order chi connectivity index (χ0) is 25.2. The van der Waals surface area contributed by atoms with Gasteiger partial charge in [-0.25, -0.2) is 0 Å². The van der Waals surface area contributed by atoms with Crippen molar-refractivity contribution in [3.8, 4) is 5.75 Å². The minimum absolute atomic E-state index is 0.0223. The number of hydrogen-bond acceptors (Lipinski definition) is 5. The molecule has 1 aromatic heterocycles. The van der Waals surface area contributed by atoms with Gasteiger partial charge in [0.15, 0.2) is 0 Å². The van der Waals surface area contributed by atoms with Crippen molar-refractivity contribution in [2.24, 2.45) is 0 Å². The molecule has 2 heterocycles. The van der Waals surface area contributed by atoms with E-state index in [1.54, 1.807) is 15.7 Å². The fourth-order valence-electron chi connectivity index (χ4n) is 4.76. The molecule has 0 spiro atoms. The summed E-state index contributed by atoms with van der Waals surface area (Å²) < 4.78 is 40.4. The molecule has 4 rings (SSSR count). The Bertz CT molecular complexity index is 1140. The Balaban J connectivity index is 1.38. The van der Waals surface area contributed by atoms with Gasteiger partial charge >= 0.3 is 6.18 Å². The molecule has 11 heteroatoms. The van der Waals surface area contributed by atoms with Gasteiger partial charge in [0.05, 0.1) is 18.2 Å². The third-order valence-corrected chi connectivity index (χ3v) is 6.68. The van der Waals surface area contributed by atoms with Crippen LogP contribution in [0, 0.1) is 0 Å². The van der Waals surface area contributed by atoms with Crippen LogP contribution in [0.25, 0.3) is 0 Å². The predicted molar refractivity (Wildman–Crippen MR) is 121 cm³/mol. The summed E-state index contributed by atoms with van der Waals surface area (Å²) >= 11 is 0. The molecule has 0 unspecified atom stereocenters. The van der Waals surface area contributed by atoms with Crippen LogP contribution in [-0.4, -0.2) is 58.1 Å². The van der Waals surface area contributed by atoms with Gasteiger partial charge in [0, 0.05) is 43.0 Å². The predicted octanol–water partition coefficient (Wildman–Crippen LogP) is 2.29. The first-order valence-electron chi connectivity index (χ1n) is 11.5. The molecule has 0 bridgehead atoms. The average molecular weight is 492 g/mol. The van der Waals surface area contributed by atoms with Gasteiger partial charge in [-0.2, -0.15) is 13.2 Å². The molecule has 1 saturated carbocycles. The Morgan fingerprint density at radius 2 is 1.80 bits per heavy atom. The second-order valence-corrected chi connectivity index (χ2v) is 8.97. The summed E-state index contributed by atoms with van der Waals surface area (Å²) in [6, 6.07) is 6.60. The normalized spacial score (nSPS) is 20.7. The highest BCUT2D eigenvalue weighted by atomic mass is 19.4.